The lowest BCUT2D eigenvalue weighted by atomic mass is 10.0. The fourth-order valence-electron chi connectivity index (χ4n) is 2.87. The highest BCUT2D eigenvalue weighted by Gasteiger charge is 2.25. The Balaban J connectivity index is 2.05. The van der Waals surface area contributed by atoms with Crippen LogP contribution in [0, 0.1) is 5.92 Å². The van der Waals surface area contributed by atoms with E-state index < -0.39 is 9.84 Å². The summed E-state index contributed by atoms with van der Waals surface area (Å²) in [5.41, 5.74) is 6.75. The molecule has 1 aromatic rings. The van der Waals surface area contributed by atoms with Crippen LogP contribution in [-0.4, -0.2) is 26.8 Å². The average molecular weight is 296 g/mol. The van der Waals surface area contributed by atoms with Crippen LogP contribution < -0.4 is 11.1 Å². The standard InChI is InChI=1S/C15H24N2O2S/c1-2-10-20(18,19)14-8-6-13(7-9-14)17-15-5-3-4-12(15)11-16/h6-9,12,15,17H,2-5,10-11,16H2,1H3. The number of benzene rings is 1. The van der Waals surface area contributed by atoms with E-state index in [9.17, 15) is 8.42 Å². The van der Waals surface area contributed by atoms with E-state index in [1.165, 1.54) is 12.8 Å². The Morgan fingerprint density at radius 3 is 2.55 bits per heavy atom. The molecule has 1 aliphatic rings. The molecule has 2 unspecified atom stereocenters. The minimum Gasteiger partial charge on any atom is -0.382 e. The van der Waals surface area contributed by atoms with E-state index in [4.69, 9.17) is 5.73 Å². The van der Waals surface area contributed by atoms with Crippen molar-refractivity contribution in [2.45, 2.75) is 43.5 Å². The second-order valence-electron chi connectivity index (χ2n) is 5.52. The smallest absolute Gasteiger partial charge is 0.178 e. The van der Waals surface area contributed by atoms with Crippen molar-refractivity contribution in [3.05, 3.63) is 24.3 Å². The van der Waals surface area contributed by atoms with Crippen molar-refractivity contribution >= 4 is 15.5 Å². The van der Waals surface area contributed by atoms with Gasteiger partial charge in [0.15, 0.2) is 9.84 Å². The lowest BCUT2D eigenvalue weighted by Crippen LogP contribution is -2.29. The third-order valence-corrected chi connectivity index (χ3v) is 5.94. The van der Waals surface area contributed by atoms with Crippen LogP contribution in [-0.2, 0) is 9.84 Å². The number of rotatable bonds is 6. The van der Waals surface area contributed by atoms with Crippen LogP contribution in [0.2, 0.25) is 0 Å². The third kappa shape index (κ3) is 3.52. The zero-order valence-corrected chi connectivity index (χ0v) is 12.8. The molecule has 3 N–H and O–H groups in total. The lowest BCUT2D eigenvalue weighted by Gasteiger charge is -2.20. The molecule has 1 aliphatic carbocycles. The summed E-state index contributed by atoms with van der Waals surface area (Å²) in [6, 6.07) is 7.51. The maximum Gasteiger partial charge on any atom is 0.178 e. The summed E-state index contributed by atoms with van der Waals surface area (Å²) in [6.45, 7) is 2.58. The van der Waals surface area contributed by atoms with E-state index in [0.29, 0.717) is 29.8 Å². The first kappa shape index (κ1) is 15.3. The molecule has 0 aromatic heterocycles. The lowest BCUT2D eigenvalue weighted by molar-refractivity contribution is 0.516. The molecule has 0 heterocycles. The molecule has 0 saturated heterocycles. The van der Waals surface area contributed by atoms with Gasteiger partial charge in [0.05, 0.1) is 10.6 Å². The van der Waals surface area contributed by atoms with Crippen molar-refractivity contribution in [2.75, 3.05) is 17.6 Å². The first-order valence-electron chi connectivity index (χ1n) is 7.36. The highest BCUT2D eigenvalue weighted by atomic mass is 32.2. The molecule has 0 bridgehead atoms. The van der Waals surface area contributed by atoms with Crippen molar-refractivity contribution in [3.8, 4) is 0 Å². The van der Waals surface area contributed by atoms with Gasteiger partial charge in [-0.25, -0.2) is 8.42 Å². The van der Waals surface area contributed by atoms with Crippen molar-refractivity contribution in [2.24, 2.45) is 11.7 Å². The zero-order chi connectivity index (χ0) is 14.6. The van der Waals surface area contributed by atoms with Crippen molar-refractivity contribution < 1.29 is 8.42 Å². The zero-order valence-electron chi connectivity index (χ0n) is 12.0. The van der Waals surface area contributed by atoms with E-state index >= 15 is 0 Å². The number of hydrogen-bond acceptors (Lipinski definition) is 4. The second kappa shape index (κ2) is 6.59. The Morgan fingerprint density at radius 1 is 1.25 bits per heavy atom. The van der Waals surface area contributed by atoms with Crippen molar-refractivity contribution in [3.63, 3.8) is 0 Å². The Labute approximate surface area is 121 Å². The summed E-state index contributed by atoms with van der Waals surface area (Å²) in [6.07, 6.45) is 4.17. The van der Waals surface area contributed by atoms with Gasteiger partial charge in [-0.15, -0.1) is 0 Å². The normalized spacial score (nSPS) is 22.9. The minimum atomic E-state index is -3.12. The van der Waals surface area contributed by atoms with Gasteiger partial charge in [0, 0.05) is 11.7 Å². The Morgan fingerprint density at radius 2 is 1.95 bits per heavy atom. The van der Waals surface area contributed by atoms with Crippen LogP contribution in [0.5, 0.6) is 0 Å². The Bertz CT molecular complexity index is 525. The molecular weight excluding hydrogens is 272 g/mol. The summed E-state index contributed by atoms with van der Waals surface area (Å²) >= 11 is 0. The van der Waals surface area contributed by atoms with Gasteiger partial charge in [-0.2, -0.15) is 0 Å². The summed E-state index contributed by atoms with van der Waals surface area (Å²) < 4.78 is 23.9. The second-order valence-corrected chi connectivity index (χ2v) is 7.63. The van der Waals surface area contributed by atoms with Gasteiger partial charge in [-0.05, 0) is 56.0 Å². The van der Waals surface area contributed by atoms with Crippen LogP contribution in [0.15, 0.2) is 29.2 Å². The molecule has 0 amide bonds. The number of nitrogens with two attached hydrogens (primary N) is 1. The molecule has 0 spiro atoms. The SMILES string of the molecule is CCCS(=O)(=O)c1ccc(NC2CCCC2CN)cc1. The van der Waals surface area contributed by atoms with Gasteiger partial charge >= 0.3 is 0 Å². The van der Waals surface area contributed by atoms with E-state index in [2.05, 4.69) is 5.32 Å². The molecule has 2 rings (SSSR count). The minimum absolute atomic E-state index is 0.206. The molecular formula is C15H24N2O2S. The first-order chi connectivity index (χ1) is 9.56. The summed E-state index contributed by atoms with van der Waals surface area (Å²) in [5.74, 6) is 0.732. The molecule has 112 valence electrons. The topological polar surface area (TPSA) is 72.2 Å². The van der Waals surface area contributed by atoms with Gasteiger partial charge in [-0.3, -0.25) is 0 Å². The molecule has 1 aromatic carbocycles. The van der Waals surface area contributed by atoms with E-state index in [0.717, 1.165) is 12.1 Å². The summed E-state index contributed by atoms with van der Waals surface area (Å²) in [7, 11) is -3.12. The van der Waals surface area contributed by atoms with E-state index in [1.54, 1.807) is 12.1 Å². The van der Waals surface area contributed by atoms with Gasteiger partial charge < -0.3 is 11.1 Å². The Kier molecular flexibility index (Phi) is 5.05. The molecule has 5 heteroatoms. The molecule has 0 aliphatic heterocycles. The summed E-state index contributed by atoms with van der Waals surface area (Å²) in [5, 5.41) is 3.48. The molecule has 0 radical (unpaired) electrons. The van der Waals surface area contributed by atoms with Gasteiger partial charge in [0.1, 0.15) is 0 Å². The van der Waals surface area contributed by atoms with Gasteiger partial charge in [0.25, 0.3) is 0 Å². The maximum atomic E-state index is 11.9. The van der Waals surface area contributed by atoms with Crippen LogP contribution in [0.3, 0.4) is 0 Å². The fourth-order valence-corrected chi connectivity index (χ4v) is 4.19. The number of nitrogens with one attached hydrogen (secondary N) is 1. The van der Waals surface area contributed by atoms with Gasteiger partial charge in [-0.1, -0.05) is 13.3 Å². The molecule has 2 atom stereocenters. The molecule has 4 nitrogen and oxygen atoms in total. The predicted octanol–water partition coefficient (Wildman–Crippen LogP) is 2.41. The largest absolute Gasteiger partial charge is 0.382 e. The Hall–Kier alpha value is -1.07. The van der Waals surface area contributed by atoms with Crippen molar-refractivity contribution in [1.29, 1.82) is 0 Å². The quantitative estimate of drug-likeness (QED) is 0.845. The van der Waals surface area contributed by atoms with E-state index in [-0.39, 0.29) is 5.75 Å². The van der Waals surface area contributed by atoms with Crippen LogP contribution in [0.4, 0.5) is 5.69 Å². The number of hydrogen-bond donors (Lipinski definition) is 2. The highest BCUT2D eigenvalue weighted by molar-refractivity contribution is 7.91. The molecule has 1 saturated carbocycles. The predicted molar refractivity (Wildman–Crippen MR) is 82.6 cm³/mol. The third-order valence-electron chi connectivity index (χ3n) is 4.00. The van der Waals surface area contributed by atoms with Gasteiger partial charge in [0.2, 0.25) is 0 Å². The number of anilines is 1. The number of sulfone groups is 1. The first-order valence-corrected chi connectivity index (χ1v) is 9.01. The van der Waals surface area contributed by atoms with Crippen LogP contribution in [0.25, 0.3) is 0 Å². The molecule has 1 fully saturated rings. The summed E-state index contributed by atoms with van der Waals surface area (Å²) in [4.78, 5) is 0.409. The monoisotopic (exact) mass is 296 g/mol. The fraction of sp³-hybridized carbons (Fsp3) is 0.600. The van der Waals surface area contributed by atoms with Crippen LogP contribution in [0.1, 0.15) is 32.6 Å². The van der Waals surface area contributed by atoms with Crippen molar-refractivity contribution in [1.82, 2.24) is 0 Å². The van der Waals surface area contributed by atoms with Crippen LogP contribution >= 0.6 is 0 Å². The molecule has 20 heavy (non-hydrogen) atoms. The highest BCUT2D eigenvalue weighted by Crippen LogP contribution is 2.28. The average Bonchev–Trinajstić information content (AvgIpc) is 2.86. The maximum absolute atomic E-state index is 11.9. The van der Waals surface area contributed by atoms with E-state index in [1.807, 2.05) is 19.1 Å².